The van der Waals surface area contributed by atoms with E-state index in [1.165, 1.54) is 0 Å². The molecule has 17 heavy (non-hydrogen) atoms. The normalized spacial score (nSPS) is 7.88. The van der Waals surface area contributed by atoms with Crippen molar-refractivity contribution in [3.63, 3.8) is 0 Å². The topological polar surface area (TPSA) is 103 Å². The summed E-state index contributed by atoms with van der Waals surface area (Å²) in [4.78, 5) is 19.0. The van der Waals surface area contributed by atoms with Gasteiger partial charge in [0.2, 0.25) is 0 Å². The molecular weight excluding hydrogens is 260 g/mol. The quantitative estimate of drug-likeness (QED) is 0.604. The zero-order valence-electron chi connectivity index (χ0n) is 10.9. The zero-order chi connectivity index (χ0) is 13.6. The first-order valence-corrected chi connectivity index (χ1v) is 5.33. The van der Waals surface area contributed by atoms with Gasteiger partial charge >= 0.3 is 21.7 Å². The number of hydrogen-bond acceptors (Lipinski definition) is 5. The maximum absolute atomic E-state index is 9.53. The van der Waals surface area contributed by atoms with Gasteiger partial charge < -0.3 is 24.9 Å². The van der Waals surface area contributed by atoms with E-state index in [1.54, 1.807) is 27.7 Å². The molecule has 5 nitrogen and oxygen atoms in total. The Morgan fingerprint density at radius 2 is 1.12 bits per heavy atom. The second-order valence-corrected chi connectivity index (χ2v) is 3.29. The number of carboxylic acids is 2. The molecule has 0 bridgehead atoms. The third-order valence-corrected chi connectivity index (χ3v) is 0.908. The summed E-state index contributed by atoms with van der Waals surface area (Å²) in [5.74, 6) is -1.92. The van der Waals surface area contributed by atoms with Crippen molar-refractivity contribution in [1.29, 1.82) is 0 Å². The summed E-state index contributed by atoms with van der Waals surface area (Å²) in [6, 6.07) is 0. The Morgan fingerprint density at radius 3 is 1.12 bits per heavy atom. The molecule has 0 unspecified atom stereocenters. The first-order valence-electron chi connectivity index (χ1n) is 5.33. The fourth-order valence-electron chi connectivity index (χ4n) is 0.408. The molecule has 0 aliphatic carbocycles. The molecule has 0 fully saturated rings. The Bertz CT molecular complexity index is 152. The molecular formula is C11H21O5Ti. The summed E-state index contributed by atoms with van der Waals surface area (Å²) in [7, 11) is 0. The van der Waals surface area contributed by atoms with Gasteiger partial charge in [0.05, 0.1) is 0 Å². The monoisotopic (exact) mass is 281 g/mol. The van der Waals surface area contributed by atoms with Crippen LogP contribution in [0.15, 0.2) is 0 Å². The van der Waals surface area contributed by atoms with Gasteiger partial charge in [0.15, 0.2) is 0 Å². The van der Waals surface area contributed by atoms with E-state index < -0.39 is 18.0 Å². The molecule has 0 aliphatic heterocycles. The Morgan fingerprint density at radius 1 is 0.941 bits per heavy atom. The summed E-state index contributed by atoms with van der Waals surface area (Å²) >= 11 is 0. The third kappa shape index (κ3) is 91.8. The molecule has 0 aromatic rings. The number of carbonyl (C=O) groups is 2. The molecule has 0 atom stereocenters. The SMILES string of the molecule is CC(C)[O-].CCCC(=O)[O-].CCCC(=O)[O-].[Ti+3]. The van der Waals surface area contributed by atoms with Gasteiger partial charge in [0.1, 0.15) is 0 Å². The predicted molar refractivity (Wildman–Crippen MR) is 55.0 cm³/mol. The molecule has 0 saturated carbocycles. The number of rotatable bonds is 4. The van der Waals surface area contributed by atoms with Gasteiger partial charge in [-0.1, -0.05) is 40.5 Å². The van der Waals surface area contributed by atoms with Crippen molar-refractivity contribution in [2.45, 2.75) is 59.5 Å². The summed E-state index contributed by atoms with van der Waals surface area (Å²) in [5, 5.41) is 28.5. The van der Waals surface area contributed by atoms with Gasteiger partial charge in [-0.2, -0.15) is 0 Å². The van der Waals surface area contributed by atoms with E-state index in [1.807, 2.05) is 0 Å². The van der Waals surface area contributed by atoms with Crippen molar-refractivity contribution in [3.8, 4) is 0 Å². The second kappa shape index (κ2) is 21.0. The molecule has 0 aromatic carbocycles. The van der Waals surface area contributed by atoms with Crippen LogP contribution in [0.1, 0.15) is 53.4 Å². The first kappa shape index (κ1) is 25.5. The van der Waals surface area contributed by atoms with Crippen LogP contribution in [0.3, 0.4) is 0 Å². The van der Waals surface area contributed by atoms with Crippen molar-refractivity contribution >= 4 is 11.9 Å². The van der Waals surface area contributed by atoms with E-state index >= 15 is 0 Å². The third-order valence-electron chi connectivity index (χ3n) is 0.908. The maximum Gasteiger partial charge on any atom is 3.00 e. The first-order chi connectivity index (χ1) is 7.27. The Balaban J connectivity index is -0.0000000741. The number of hydrogen-bond donors (Lipinski definition) is 0. The zero-order valence-corrected chi connectivity index (χ0v) is 12.5. The van der Waals surface area contributed by atoms with Crippen molar-refractivity contribution < 1.29 is 46.6 Å². The number of carboxylic acid groups (broad SMARTS) is 2. The van der Waals surface area contributed by atoms with Gasteiger partial charge in [-0.3, -0.25) is 0 Å². The van der Waals surface area contributed by atoms with Gasteiger partial charge in [0, 0.05) is 11.9 Å². The average Bonchev–Trinajstić information content (AvgIpc) is 2.02. The van der Waals surface area contributed by atoms with Crippen LogP contribution < -0.4 is 15.3 Å². The van der Waals surface area contributed by atoms with E-state index in [0.29, 0.717) is 12.8 Å². The summed E-state index contributed by atoms with van der Waals surface area (Å²) in [6.07, 6.45) is 1.28. The molecule has 99 valence electrons. The van der Waals surface area contributed by atoms with Gasteiger partial charge in [-0.05, 0) is 12.8 Å². The minimum atomic E-state index is -0.961. The average molecular weight is 281 g/mol. The predicted octanol–water partition coefficient (Wildman–Crippen LogP) is -1.17. The summed E-state index contributed by atoms with van der Waals surface area (Å²) < 4.78 is 0. The Hall–Kier alpha value is -0.386. The van der Waals surface area contributed by atoms with E-state index in [4.69, 9.17) is 0 Å². The molecule has 0 saturated heterocycles. The molecule has 0 spiro atoms. The summed E-state index contributed by atoms with van der Waals surface area (Å²) in [6.45, 7) is 6.82. The van der Waals surface area contributed by atoms with Gasteiger partial charge in [-0.15, -0.1) is 6.10 Å². The minimum absolute atomic E-state index is 0. The maximum atomic E-state index is 9.53. The van der Waals surface area contributed by atoms with Crippen LogP contribution in [-0.2, 0) is 31.3 Å². The van der Waals surface area contributed by atoms with Crippen molar-refractivity contribution in [2.24, 2.45) is 0 Å². The molecule has 0 heterocycles. The smallest absolute Gasteiger partial charge is 0.852 e. The Labute approximate surface area is 118 Å². The number of carbonyl (C=O) groups excluding carboxylic acids is 2. The fourth-order valence-corrected chi connectivity index (χ4v) is 0.408. The fraction of sp³-hybridized carbons (Fsp3) is 0.818. The molecule has 0 aliphatic rings. The van der Waals surface area contributed by atoms with Crippen LogP contribution in [0.5, 0.6) is 0 Å². The summed E-state index contributed by atoms with van der Waals surface area (Å²) in [5.41, 5.74) is 0. The van der Waals surface area contributed by atoms with Gasteiger partial charge in [0.25, 0.3) is 0 Å². The van der Waals surface area contributed by atoms with Crippen LogP contribution in [0.2, 0.25) is 0 Å². The van der Waals surface area contributed by atoms with E-state index in [2.05, 4.69) is 0 Å². The van der Waals surface area contributed by atoms with E-state index in [-0.39, 0.29) is 34.6 Å². The minimum Gasteiger partial charge on any atom is -0.852 e. The molecule has 0 amide bonds. The molecule has 1 radical (unpaired) electrons. The number of aliphatic carboxylic acids is 2. The largest absolute Gasteiger partial charge is 3.00 e. The van der Waals surface area contributed by atoms with E-state index in [9.17, 15) is 24.9 Å². The van der Waals surface area contributed by atoms with E-state index in [0.717, 1.165) is 0 Å². The van der Waals surface area contributed by atoms with Crippen LogP contribution in [-0.4, -0.2) is 18.0 Å². The van der Waals surface area contributed by atoms with Crippen molar-refractivity contribution in [1.82, 2.24) is 0 Å². The van der Waals surface area contributed by atoms with Crippen LogP contribution >= 0.6 is 0 Å². The van der Waals surface area contributed by atoms with Crippen LogP contribution in [0.4, 0.5) is 0 Å². The van der Waals surface area contributed by atoms with Crippen LogP contribution in [0, 0.1) is 0 Å². The standard InChI is InChI=1S/2C4H8O2.C3H7O.Ti/c2*1-2-3-4(5)6;1-3(2)4;/h2*2-3H2,1H3,(H,5,6);3H,1-2H3;/q;;-1;+3/p-2. The molecule has 0 N–H and O–H groups in total. The van der Waals surface area contributed by atoms with Gasteiger partial charge in [-0.25, -0.2) is 0 Å². The van der Waals surface area contributed by atoms with Crippen molar-refractivity contribution in [3.05, 3.63) is 0 Å². The molecule has 0 rings (SSSR count). The molecule has 6 heteroatoms. The van der Waals surface area contributed by atoms with Crippen LogP contribution in [0.25, 0.3) is 0 Å². The Kier molecular flexibility index (Phi) is 31.4. The second-order valence-electron chi connectivity index (χ2n) is 3.29. The van der Waals surface area contributed by atoms with Crippen molar-refractivity contribution in [2.75, 3.05) is 0 Å². The molecule has 0 aromatic heterocycles.